The van der Waals surface area contributed by atoms with Gasteiger partial charge < -0.3 is 15.0 Å². The largest absolute Gasteiger partial charge is 0.497 e. The van der Waals surface area contributed by atoms with E-state index in [4.69, 9.17) is 4.74 Å². The Hall–Kier alpha value is -1.98. The highest BCUT2D eigenvalue weighted by atomic mass is 32.2. The van der Waals surface area contributed by atoms with E-state index in [2.05, 4.69) is 22.3 Å². The second kappa shape index (κ2) is 7.12. The van der Waals surface area contributed by atoms with Crippen molar-refractivity contribution in [1.29, 1.82) is 0 Å². The highest BCUT2D eigenvalue weighted by Crippen LogP contribution is 2.49. The molecule has 2 aromatic rings. The molecule has 0 amide bonds. The molecule has 0 spiro atoms. The summed E-state index contributed by atoms with van der Waals surface area (Å²) >= 11 is 2.02. The van der Waals surface area contributed by atoms with Gasteiger partial charge in [-0.3, -0.25) is 4.79 Å². The molecule has 3 aliphatic heterocycles. The van der Waals surface area contributed by atoms with Crippen molar-refractivity contribution in [1.82, 2.24) is 5.32 Å². The number of hydrogen-bond donors (Lipinski definition) is 1. The summed E-state index contributed by atoms with van der Waals surface area (Å²) in [5.74, 6) is 3.58. The van der Waals surface area contributed by atoms with E-state index in [0.717, 1.165) is 47.8 Å². The Morgan fingerprint density at radius 3 is 3.00 bits per heavy atom. The van der Waals surface area contributed by atoms with Crippen molar-refractivity contribution >= 4 is 23.2 Å². The van der Waals surface area contributed by atoms with Crippen molar-refractivity contribution in [2.24, 2.45) is 0 Å². The number of hydrogen-bond acceptors (Lipinski definition) is 5. The molecule has 0 bridgehead atoms. The molecule has 4 nitrogen and oxygen atoms in total. The molecule has 28 heavy (non-hydrogen) atoms. The van der Waals surface area contributed by atoms with Crippen molar-refractivity contribution in [2.75, 3.05) is 37.4 Å². The van der Waals surface area contributed by atoms with E-state index in [-0.39, 0.29) is 5.78 Å². The second-order valence-electron chi connectivity index (χ2n) is 7.95. The summed E-state index contributed by atoms with van der Waals surface area (Å²) in [5.41, 5.74) is 7.29. The average molecular weight is 395 g/mol. The summed E-state index contributed by atoms with van der Waals surface area (Å²) in [6.45, 7) is 4.94. The summed E-state index contributed by atoms with van der Waals surface area (Å²) in [7, 11) is 1.64. The monoisotopic (exact) mass is 394 g/mol. The van der Waals surface area contributed by atoms with E-state index in [1.807, 2.05) is 30.0 Å². The number of nitrogens with zero attached hydrogens (tertiary/aromatic N) is 1. The van der Waals surface area contributed by atoms with Crippen LogP contribution in [0, 0.1) is 0 Å². The number of anilines is 1. The molecule has 0 aromatic heterocycles. The van der Waals surface area contributed by atoms with Crippen LogP contribution in [0.1, 0.15) is 40.7 Å². The van der Waals surface area contributed by atoms with Gasteiger partial charge in [0.15, 0.2) is 5.78 Å². The van der Waals surface area contributed by atoms with Crippen LogP contribution in [0.2, 0.25) is 0 Å². The molecule has 1 fully saturated rings. The third-order valence-corrected chi connectivity index (χ3v) is 7.39. The zero-order valence-corrected chi connectivity index (χ0v) is 17.3. The summed E-state index contributed by atoms with van der Waals surface area (Å²) in [6, 6.07) is 11.2. The minimum absolute atomic E-state index is 0.0773. The van der Waals surface area contributed by atoms with Crippen LogP contribution in [-0.2, 0) is 5.75 Å². The number of methoxy groups -OCH3 is 1. The van der Waals surface area contributed by atoms with Gasteiger partial charge in [-0.25, -0.2) is 0 Å². The molecule has 0 unspecified atom stereocenters. The Labute approximate surface area is 170 Å². The van der Waals surface area contributed by atoms with Gasteiger partial charge in [-0.1, -0.05) is 0 Å². The van der Waals surface area contributed by atoms with Gasteiger partial charge in [-0.15, -0.1) is 0 Å². The molecule has 1 N–H and O–H groups in total. The van der Waals surface area contributed by atoms with E-state index in [1.54, 1.807) is 14.0 Å². The van der Waals surface area contributed by atoms with Crippen LogP contribution in [0.25, 0.3) is 11.1 Å². The number of Topliss-reactive ketones (excluding diaryl/α,β-unsaturated/α-hetero) is 1. The Morgan fingerprint density at radius 1 is 1.29 bits per heavy atom. The molecule has 1 saturated heterocycles. The van der Waals surface area contributed by atoms with E-state index >= 15 is 0 Å². The first kappa shape index (κ1) is 18.1. The van der Waals surface area contributed by atoms with E-state index < -0.39 is 0 Å². The van der Waals surface area contributed by atoms with Crippen LogP contribution in [0.15, 0.2) is 30.3 Å². The Balaban J connectivity index is 1.69. The van der Waals surface area contributed by atoms with Crippen LogP contribution in [0.4, 0.5) is 5.69 Å². The van der Waals surface area contributed by atoms with E-state index in [9.17, 15) is 4.79 Å². The molecule has 146 valence electrons. The van der Waals surface area contributed by atoms with E-state index in [0.29, 0.717) is 12.0 Å². The number of fused-ring (bicyclic) bond motifs is 3. The minimum atomic E-state index is 0.0773. The SMILES string of the molecule is COc1ccc(-c2cc3c4c(c2)[C@@H]2CNCC[C@@H]2N4CCSC3)c(C(C)=O)c1. The topological polar surface area (TPSA) is 41.6 Å². The van der Waals surface area contributed by atoms with Crippen LogP contribution in [0.3, 0.4) is 0 Å². The van der Waals surface area contributed by atoms with E-state index in [1.165, 1.54) is 29.0 Å². The number of rotatable bonds is 3. The number of piperidine rings is 1. The quantitative estimate of drug-likeness (QED) is 0.795. The molecule has 5 heteroatoms. The molecule has 5 rings (SSSR count). The molecule has 0 saturated carbocycles. The lowest BCUT2D eigenvalue weighted by molar-refractivity contribution is 0.101. The molecule has 2 aromatic carbocycles. The first-order chi connectivity index (χ1) is 13.7. The standard InChI is InChI=1S/C23H26N2O2S/c1-14(26)19-11-17(27-2)3-4-18(19)15-9-16-13-28-8-7-25-22-5-6-24-12-21(22)20(10-15)23(16)25/h3-4,9-11,21-22,24H,5-8,12-13H2,1-2H3/t21-,22-/m0/s1. The summed E-state index contributed by atoms with van der Waals surface area (Å²) in [5, 5.41) is 3.60. The maximum atomic E-state index is 12.4. The average Bonchev–Trinajstić information content (AvgIpc) is 2.88. The maximum absolute atomic E-state index is 12.4. The maximum Gasteiger partial charge on any atom is 0.160 e. The minimum Gasteiger partial charge on any atom is -0.497 e. The normalized spacial score (nSPS) is 23.0. The first-order valence-electron chi connectivity index (χ1n) is 10.1. The lowest BCUT2D eigenvalue weighted by atomic mass is 9.87. The van der Waals surface area contributed by atoms with Gasteiger partial charge in [0.25, 0.3) is 0 Å². The third kappa shape index (κ3) is 2.83. The summed E-state index contributed by atoms with van der Waals surface area (Å²) in [4.78, 5) is 15.0. The van der Waals surface area contributed by atoms with Crippen molar-refractivity contribution in [3.63, 3.8) is 0 Å². The van der Waals surface area contributed by atoms with Gasteiger partial charge in [0.05, 0.1) is 7.11 Å². The van der Waals surface area contributed by atoms with Gasteiger partial charge in [0.2, 0.25) is 0 Å². The van der Waals surface area contributed by atoms with Crippen molar-refractivity contribution < 1.29 is 9.53 Å². The number of benzene rings is 2. The third-order valence-electron chi connectivity index (χ3n) is 6.40. The number of ether oxygens (including phenoxy) is 1. The fourth-order valence-electron chi connectivity index (χ4n) is 5.13. The Kier molecular flexibility index (Phi) is 4.60. The lowest BCUT2D eigenvalue weighted by Crippen LogP contribution is -2.44. The Bertz CT molecular complexity index is 942. The molecule has 3 aliphatic rings. The van der Waals surface area contributed by atoms with Gasteiger partial charge in [-0.05, 0) is 72.5 Å². The van der Waals surface area contributed by atoms with Gasteiger partial charge in [-0.2, -0.15) is 11.8 Å². The molecule has 2 atom stereocenters. The number of ketones is 1. The Morgan fingerprint density at radius 2 is 2.18 bits per heavy atom. The number of carbonyl (C=O) groups is 1. The fourth-order valence-corrected chi connectivity index (χ4v) is 6.04. The predicted octanol–water partition coefficient (Wildman–Crippen LogP) is 4.08. The van der Waals surface area contributed by atoms with Crippen LogP contribution in [0.5, 0.6) is 5.75 Å². The highest BCUT2D eigenvalue weighted by molar-refractivity contribution is 7.98. The number of carbonyl (C=O) groups excluding carboxylic acids is 1. The number of thioether (sulfide) groups is 1. The molecule has 0 aliphatic carbocycles. The van der Waals surface area contributed by atoms with Crippen LogP contribution < -0.4 is 15.0 Å². The zero-order valence-electron chi connectivity index (χ0n) is 16.5. The zero-order chi connectivity index (χ0) is 19.3. The van der Waals surface area contributed by atoms with Crippen LogP contribution in [-0.4, -0.2) is 44.3 Å². The predicted molar refractivity (Wildman–Crippen MR) is 116 cm³/mol. The van der Waals surface area contributed by atoms with Crippen LogP contribution >= 0.6 is 11.8 Å². The summed E-state index contributed by atoms with van der Waals surface area (Å²) < 4.78 is 5.35. The highest BCUT2D eigenvalue weighted by Gasteiger charge is 2.41. The summed E-state index contributed by atoms with van der Waals surface area (Å²) in [6.07, 6.45) is 1.21. The van der Waals surface area contributed by atoms with Gasteiger partial charge >= 0.3 is 0 Å². The smallest absolute Gasteiger partial charge is 0.160 e. The number of nitrogens with one attached hydrogen (secondary N) is 1. The first-order valence-corrected chi connectivity index (χ1v) is 11.2. The van der Waals surface area contributed by atoms with Gasteiger partial charge in [0.1, 0.15) is 5.75 Å². The fraction of sp³-hybridized carbons (Fsp3) is 0.435. The van der Waals surface area contributed by atoms with Crippen molar-refractivity contribution in [3.8, 4) is 16.9 Å². The van der Waals surface area contributed by atoms with Gasteiger partial charge in [0, 0.05) is 47.8 Å². The second-order valence-corrected chi connectivity index (χ2v) is 9.06. The molecular formula is C23H26N2O2S. The van der Waals surface area contributed by atoms with Crippen molar-refractivity contribution in [3.05, 3.63) is 47.0 Å². The van der Waals surface area contributed by atoms with Crippen molar-refractivity contribution in [2.45, 2.75) is 31.1 Å². The lowest BCUT2D eigenvalue weighted by Gasteiger charge is -2.33. The molecule has 0 radical (unpaired) electrons. The molecule has 3 heterocycles. The molecular weight excluding hydrogens is 368 g/mol.